The Bertz CT molecular complexity index is 596. The fourth-order valence-electron chi connectivity index (χ4n) is 2.38. The van der Waals surface area contributed by atoms with E-state index in [0.29, 0.717) is 17.7 Å². The highest BCUT2D eigenvalue weighted by atomic mass is 16.5. The molecule has 2 aromatic rings. The summed E-state index contributed by atoms with van der Waals surface area (Å²) in [5.74, 6) is -0.605. The number of carbonyl (C=O) groups excluding carboxylic acids is 2. The summed E-state index contributed by atoms with van der Waals surface area (Å²) in [6.45, 7) is 4.00. The SMILES string of the molecule is CCCCOC(C)(C(=O)c1ccccc1)C(=O)c1ccccc1. The summed E-state index contributed by atoms with van der Waals surface area (Å²) < 4.78 is 5.80. The number of benzene rings is 2. The molecule has 0 aliphatic carbocycles. The van der Waals surface area contributed by atoms with Crippen molar-refractivity contribution < 1.29 is 14.3 Å². The first-order valence-corrected chi connectivity index (χ1v) is 7.93. The summed E-state index contributed by atoms with van der Waals surface area (Å²) >= 11 is 0. The Labute approximate surface area is 137 Å². The maximum absolute atomic E-state index is 12.9. The second-order valence-corrected chi connectivity index (χ2v) is 5.63. The van der Waals surface area contributed by atoms with Gasteiger partial charge in [-0.15, -0.1) is 0 Å². The minimum absolute atomic E-state index is 0.303. The van der Waals surface area contributed by atoms with E-state index in [1.54, 1.807) is 55.5 Å². The maximum atomic E-state index is 12.9. The van der Waals surface area contributed by atoms with Gasteiger partial charge in [0.25, 0.3) is 0 Å². The predicted octanol–water partition coefficient (Wildman–Crippen LogP) is 4.33. The van der Waals surface area contributed by atoms with Gasteiger partial charge in [-0.3, -0.25) is 9.59 Å². The van der Waals surface area contributed by atoms with E-state index < -0.39 is 5.60 Å². The summed E-state index contributed by atoms with van der Waals surface area (Å²) in [4.78, 5) is 25.9. The van der Waals surface area contributed by atoms with E-state index in [0.717, 1.165) is 12.8 Å². The largest absolute Gasteiger partial charge is 0.359 e. The summed E-state index contributed by atoms with van der Waals surface area (Å²) in [6, 6.07) is 17.7. The van der Waals surface area contributed by atoms with Gasteiger partial charge in [0.15, 0.2) is 5.60 Å². The predicted molar refractivity (Wildman–Crippen MR) is 90.8 cm³/mol. The molecule has 23 heavy (non-hydrogen) atoms. The monoisotopic (exact) mass is 310 g/mol. The third kappa shape index (κ3) is 3.93. The average Bonchev–Trinajstić information content (AvgIpc) is 2.62. The van der Waals surface area contributed by atoms with Crippen molar-refractivity contribution in [3.05, 3.63) is 71.8 Å². The van der Waals surface area contributed by atoms with Gasteiger partial charge in [0.1, 0.15) is 0 Å². The topological polar surface area (TPSA) is 43.4 Å². The van der Waals surface area contributed by atoms with Gasteiger partial charge >= 0.3 is 0 Å². The number of ketones is 2. The number of carbonyl (C=O) groups is 2. The third-order valence-corrected chi connectivity index (χ3v) is 3.83. The van der Waals surface area contributed by atoms with Crippen LogP contribution >= 0.6 is 0 Å². The molecule has 0 aliphatic rings. The summed E-state index contributed by atoms with van der Waals surface area (Å²) in [5.41, 5.74) is -0.538. The van der Waals surface area contributed by atoms with Crippen LogP contribution in [0, 0.1) is 0 Å². The molecule has 0 saturated carbocycles. The molecule has 0 heterocycles. The number of ether oxygens (including phenoxy) is 1. The van der Waals surface area contributed by atoms with E-state index in [1.807, 2.05) is 19.1 Å². The van der Waals surface area contributed by atoms with Crippen LogP contribution < -0.4 is 0 Å². The molecule has 3 heteroatoms. The van der Waals surface area contributed by atoms with Gasteiger partial charge in [-0.25, -0.2) is 0 Å². The first kappa shape index (κ1) is 17.1. The molecule has 0 spiro atoms. The molecule has 0 bridgehead atoms. The highest BCUT2D eigenvalue weighted by Crippen LogP contribution is 2.24. The number of Topliss-reactive ketones (excluding diaryl/α,β-unsaturated/α-hetero) is 2. The average molecular weight is 310 g/mol. The Balaban J connectivity index is 2.35. The van der Waals surface area contributed by atoms with Crippen molar-refractivity contribution in [2.45, 2.75) is 32.3 Å². The molecule has 0 radical (unpaired) electrons. The molecular formula is C20H22O3. The van der Waals surface area contributed by atoms with E-state index in [9.17, 15) is 9.59 Å². The van der Waals surface area contributed by atoms with Crippen molar-refractivity contribution in [1.82, 2.24) is 0 Å². The van der Waals surface area contributed by atoms with E-state index in [-0.39, 0.29) is 11.6 Å². The minimum Gasteiger partial charge on any atom is -0.359 e. The van der Waals surface area contributed by atoms with Crippen molar-refractivity contribution in [3.63, 3.8) is 0 Å². The lowest BCUT2D eigenvalue weighted by atomic mass is 9.87. The highest BCUT2D eigenvalue weighted by molar-refractivity contribution is 6.22. The summed E-state index contributed by atoms with van der Waals surface area (Å²) in [5, 5.41) is 0. The van der Waals surface area contributed by atoms with Gasteiger partial charge in [-0.05, 0) is 13.3 Å². The van der Waals surface area contributed by atoms with Crippen LogP contribution in [0.5, 0.6) is 0 Å². The van der Waals surface area contributed by atoms with Gasteiger partial charge < -0.3 is 4.74 Å². The fraction of sp³-hybridized carbons (Fsp3) is 0.300. The highest BCUT2D eigenvalue weighted by Gasteiger charge is 2.42. The molecule has 0 atom stereocenters. The molecule has 0 aromatic heterocycles. The fourth-order valence-corrected chi connectivity index (χ4v) is 2.38. The Kier molecular flexibility index (Phi) is 5.83. The zero-order valence-electron chi connectivity index (χ0n) is 13.6. The Morgan fingerprint density at radius 1 is 0.870 bits per heavy atom. The Hall–Kier alpha value is -2.26. The number of hydrogen-bond acceptors (Lipinski definition) is 3. The van der Waals surface area contributed by atoms with Gasteiger partial charge in [0.05, 0.1) is 0 Å². The standard InChI is InChI=1S/C20H22O3/c1-3-4-15-23-20(2,18(21)16-11-7-5-8-12-16)19(22)17-13-9-6-10-14-17/h5-14H,3-4,15H2,1-2H3. The lowest BCUT2D eigenvalue weighted by Crippen LogP contribution is -2.46. The van der Waals surface area contributed by atoms with Crippen molar-refractivity contribution in [1.29, 1.82) is 0 Å². The molecule has 0 aliphatic heterocycles. The van der Waals surface area contributed by atoms with Gasteiger partial charge in [-0.2, -0.15) is 0 Å². The van der Waals surface area contributed by atoms with Crippen LogP contribution in [-0.4, -0.2) is 23.8 Å². The molecule has 0 saturated heterocycles. The van der Waals surface area contributed by atoms with Gasteiger partial charge in [0, 0.05) is 17.7 Å². The molecule has 3 nitrogen and oxygen atoms in total. The van der Waals surface area contributed by atoms with E-state index in [2.05, 4.69) is 0 Å². The van der Waals surface area contributed by atoms with Crippen molar-refractivity contribution >= 4 is 11.6 Å². The summed E-state index contributed by atoms with van der Waals surface area (Å²) in [6.07, 6.45) is 1.74. The van der Waals surface area contributed by atoms with Gasteiger partial charge in [-0.1, -0.05) is 74.0 Å². The Morgan fingerprint density at radius 2 is 1.30 bits per heavy atom. The van der Waals surface area contributed by atoms with Crippen molar-refractivity contribution in [2.75, 3.05) is 6.61 Å². The van der Waals surface area contributed by atoms with Crippen LogP contribution in [0.4, 0.5) is 0 Å². The van der Waals surface area contributed by atoms with Crippen molar-refractivity contribution in [2.24, 2.45) is 0 Å². The maximum Gasteiger partial charge on any atom is 0.202 e. The van der Waals surface area contributed by atoms with E-state index >= 15 is 0 Å². The lowest BCUT2D eigenvalue weighted by molar-refractivity contribution is -0.00575. The van der Waals surface area contributed by atoms with Crippen LogP contribution in [-0.2, 0) is 4.74 Å². The van der Waals surface area contributed by atoms with Crippen LogP contribution in [0.25, 0.3) is 0 Å². The van der Waals surface area contributed by atoms with Gasteiger partial charge in [0.2, 0.25) is 11.6 Å². The first-order valence-electron chi connectivity index (χ1n) is 7.93. The summed E-state index contributed by atoms with van der Waals surface area (Å²) in [7, 11) is 0. The first-order chi connectivity index (χ1) is 11.1. The van der Waals surface area contributed by atoms with Crippen LogP contribution in [0.3, 0.4) is 0 Å². The molecule has 0 unspecified atom stereocenters. The zero-order chi connectivity index (χ0) is 16.7. The molecule has 120 valence electrons. The molecular weight excluding hydrogens is 288 g/mol. The second-order valence-electron chi connectivity index (χ2n) is 5.63. The zero-order valence-corrected chi connectivity index (χ0v) is 13.6. The number of unbranched alkanes of at least 4 members (excludes halogenated alkanes) is 1. The quantitative estimate of drug-likeness (QED) is 0.414. The minimum atomic E-state index is -1.50. The molecule has 0 fully saturated rings. The van der Waals surface area contributed by atoms with E-state index in [1.165, 1.54) is 0 Å². The smallest absolute Gasteiger partial charge is 0.202 e. The molecule has 2 rings (SSSR count). The molecule has 0 N–H and O–H groups in total. The lowest BCUT2D eigenvalue weighted by Gasteiger charge is -2.27. The van der Waals surface area contributed by atoms with E-state index in [4.69, 9.17) is 4.74 Å². The Morgan fingerprint density at radius 3 is 1.70 bits per heavy atom. The number of rotatable bonds is 8. The normalized spacial score (nSPS) is 11.2. The van der Waals surface area contributed by atoms with Crippen molar-refractivity contribution in [3.8, 4) is 0 Å². The van der Waals surface area contributed by atoms with Crippen LogP contribution in [0.15, 0.2) is 60.7 Å². The van der Waals surface area contributed by atoms with Crippen LogP contribution in [0.2, 0.25) is 0 Å². The molecule has 2 aromatic carbocycles. The van der Waals surface area contributed by atoms with Crippen LogP contribution in [0.1, 0.15) is 47.4 Å². The third-order valence-electron chi connectivity index (χ3n) is 3.83. The molecule has 0 amide bonds. The second kappa shape index (κ2) is 7.84. The number of hydrogen-bond donors (Lipinski definition) is 0.